The van der Waals surface area contributed by atoms with Crippen LogP contribution in [0.1, 0.15) is 30.1 Å². The third-order valence-electron chi connectivity index (χ3n) is 3.48. The van der Waals surface area contributed by atoms with Crippen molar-refractivity contribution in [1.82, 2.24) is 0 Å². The maximum atomic E-state index is 11.9. The Morgan fingerprint density at radius 1 is 1.12 bits per heavy atom. The minimum Gasteiger partial charge on any atom is -0.493 e. The summed E-state index contributed by atoms with van der Waals surface area (Å²) in [7, 11) is 1.53. The average molecular weight is 453 g/mol. The molecule has 0 saturated heterocycles. The molecule has 0 unspecified atom stereocenters. The molecule has 2 aromatic rings. The molecular formula is C19H20INO4. The first-order valence-corrected chi connectivity index (χ1v) is 8.94. The topological polar surface area (TPSA) is 64.6 Å². The van der Waals surface area contributed by atoms with E-state index in [1.54, 1.807) is 18.2 Å². The van der Waals surface area contributed by atoms with Crippen LogP contribution in [0.3, 0.4) is 0 Å². The lowest BCUT2D eigenvalue weighted by atomic mass is 10.1. The number of benzene rings is 2. The van der Waals surface area contributed by atoms with Crippen LogP contribution >= 0.6 is 22.6 Å². The van der Waals surface area contributed by atoms with Crippen LogP contribution in [0.5, 0.6) is 11.5 Å². The van der Waals surface area contributed by atoms with Crippen LogP contribution in [-0.4, -0.2) is 25.4 Å². The van der Waals surface area contributed by atoms with Crippen LogP contribution in [0.2, 0.25) is 0 Å². The zero-order chi connectivity index (χ0) is 18.2. The Hall–Kier alpha value is -2.09. The van der Waals surface area contributed by atoms with Crippen LogP contribution in [0.25, 0.3) is 0 Å². The number of ketones is 1. The lowest BCUT2D eigenvalue weighted by Crippen LogP contribution is -2.13. The molecule has 0 aliphatic heterocycles. The Labute approximate surface area is 160 Å². The Bertz CT molecular complexity index is 761. The van der Waals surface area contributed by atoms with Crippen molar-refractivity contribution in [3.8, 4) is 11.5 Å². The summed E-state index contributed by atoms with van der Waals surface area (Å²) in [6.07, 6.45) is 0.937. The molecule has 6 heteroatoms. The summed E-state index contributed by atoms with van der Waals surface area (Å²) in [5.41, 5.74) is 1.36. The number of anilines is 1. The number of nitrogens with one attached hydrogen (secondary N) is 1. The van der Waals surface area contributed by atoms with Gasteiger partial charge < -0.3 is 14.8 Å². The molecule has 1 amide bonds. The lowest BCUT2D eigenvalue weighted by molar-refractivity contribution is -0.116. The first-order valence-electron chi connectivity index (χ1n) is 7.87. The summed E-state index contributed by atoms with van der Waals surface area (Å²) in [5, 5.41) is 2.86. The fourth-order valence-electron chi connectivity index (χ4n) is 2.21. The third-order valence-corrected chi connectivity index (χ3v) is 4.16. The quantitative estimate of drug-likeness (QED) is 0.368. The number of Topliss-reactive ketones (excluding diaryl/α,β-unsaturated/α-hetero) is 1. The molecule has 1 N–H and O–H groups in total. The SMILES string of the molecule is COc1cc(C(C)=O)ccc1OCCCC(=O)Nc1cccc(I)c1. The Morgan fingerprint density at radius 3 is 2.60 bits per heavy atom. The summed E-state index contributed by atoms with van der Waals surface area (Å²) < 4.78 is 12.0. The molecule has 2 aromatic carbocycles. The van der Waals surface area contributed by atoms with E-state index in [2.05, 4.69) is 27.9 Å². The minimum absolute atomic E-state index is 0.0305. The minimum atomic E-state index is -0.0514. The van der Waals surface area contributed by atoms with Crippen molar-refractivity contribution in [2.24, 2.45) is 0 Å². The maximum absolute atomic E-state index is 11.9. The second-order valence-electron chi connectivity index (χ2n) is 5.43. The fraction of sp³-hybridized carbons (Fsp3) is 0.263. The summed E-state index contributed by atoms with van der Waals surface area (Å²) >= 11 is 2.20. The first kappa shape index (κ1) is 19.2. The number of rotatable bonds is 8. The molecular weight excluding hydrogens is 433 g/mol. The number of carbonyl (C=O) groups excluding carboxylic acids is 2. The molecule has 0 aliphatic carbocycles. The molecule has 0 atom stereocenters. The summed E-state index contributed by atoms with van der Waals surface area (Å²) in [5.74, 6) is 0.989. The molecule has 132 valence electrons. The highest BCUT2D eigenvalue weighted by Gasteiger charge is 2.09. The zero-order valence-corrected chi connectivity index (χ0v) is 16.3. The number of amides is 1. The van der Waals surface area contributed by atoms with Gasteiger partial charge in [0.25, 0.3) is 0 Å². The van der Waals surface area contributed by atoms with E-state index in [1.807, 2.05) is 24.3 Å². The predicted molar refractivity (Wildman–Crippen MR) is 106 cm³/mol. The van der Waals surface area contributed by atoms with Gasteiger partial charge in [0.1, 0.15) is 0 Å². The van der Waals surface area contributed by atoms with Gasteiger partial charge >= 0.3 is 0 Å². The van der Waals surface area contributed by atoms with Crippen molar-refractivity contribution in [3.05, 3.63) is 51.6 Å². The van der Waals surface area contributed by atoms with Gasteiger partial charge in [0.15, 0.2) is 17.3 Å². The molecule has 0 heterocycles. The van der Waals surface area contributed by atoms with Gasteiger partial charge in [0.2, 0.25) is 5.91 Å². The van der Waals surface area contributed by atoms with E-state index in [0.717, 1.165) is 9.26 Å². The predicted octanol–water partition coefficient (Wildman–Crippen LogP) is 4.30. The van der Waals surface area contributed by atoms with Gasteiger partial charge in [-0.2, -0.15) is 0 Å². The van der Waals surface area contributed by atoms with E-state index in [-0.39, 0.29) is 11.7 Å². The maximum Gasteiger partial charge on any atom is 0.224 e. The normalized spacial score (nSPS) is 10.2. The van der Waals surface area contributed by atoms with Gasteiger partial charge in [0, 0.05) is 21.2 Å². The van der Waals surface area contributed by atoms with Crippen molar-refractivity contribution in [2.75, 3.05) is 19.0 Å². The molecule has 2 rings (SSSR count). The molecule has 0 aliphatic rings. The number of ether oxygens (including phenoxy) is 2. The summed E-state index contributed by atoms with van der Waals surface area (Å²) in [6, 6.07) is 12.7. The van der Waals surface area contributed by atoms with Gasteiger partial charge in [-0.1, -0.05) is 6.07 Å². The second kappa shape index (κ2) is 9.41. The number of hydrogen-bond donors (Lipinski definition) is 1. The van der Waals surface area contributed by atoms with Gasteiger partial charge in [-0.05, 0) is 72.3 Å². The number of methoxy groups -OCH3 is 1. The number of carbonyl (C=O) groups is 2. The third kappa shape index (κ3) is 6.04. The molecule has 5 nitrogen and oxygen atoms in total. The first-order chi connectivity index (χ1) is 12.0. The Kier molecular flexibility index (Phi) is 7.24. The molecule has 0 fully saturated rings. The Morgan fingerprint density at radius 2 is 1.92 bits per heavy atom. The van der Waals surface area contributed by atoms with Crippen LogP contribution in [-0.2, 0) is 4.79 Å². The lowest BCUT2D eigenvalue weighted by Gasteiger charge is -2.11. The number of halogens is 1. The largest absolute Gasteiger partial charge is 0.493 e. The van der Waals surface area contributed by atoms with Crippen molar-refractivity contribution >= 4 is 40.0 Å². The molecule has 0 aromatic heterocycles. The van der Waals surface area contributed by atoms with E-state index < -0.39 is 0 Å². The van der Waals surface area contributed by atoms with Gasteiger partial charge in [-0.25, -0.2) is 0 Å². The smallest absolute Gasteiger partial charge is 0.224 e. The summed E-state index contributed by atoms with van der Waals surface area (Å²) in [6.45, 7) is 1.89. The molecule has 0 saturated carbocycles. The molecule has 0 spiro atoms. The molecule has 25 heavy (non-hydrogen) atoms. The fourth-order valence-corrected chi connectivity index (χ4v) is 2.75. The van der Waals surface area contributed by atoms with E-state index in [4.69, 9.17) is 9.47 Å². The van der Waals surface area contributed by atoms with Crippen molar-refractivity contribution in [2.45, 2.75) is 19.8 Å². The van der Waals surface area contributed by atoms with Gasteiger partial charge in [-0.3, -0.25) is 9.59 Å². The Balaban J connectivity index is 1.81. The highest BCUT2D eigenvalue weighted by atomic mass is 127. The second-order valence-corrected chi connectivity index (χ2v) is 6.68. The monoisotopic (exact) mass is 453 g/mol. The van der Waals surface area contributed by atoms with Crippen LogP contribution < -0.4 is 14.8 Å². The van der Waals surface area contributed by atoms with E-state index in [1.165, 1.54) is 14.0 Å². The van der Waals surface area contributed by atoms with E-state index in [0.29, 0.717) is 36.5 Å². The van der Waals surface area contributed by atoms with Crippen molar-refractivity contribution < 1.29 is 19.1 Å². The zero-order valence-electron chi connectivity index (χ0n) is 14.2. The highest BCUT2D eigenvalue weighted by Crippen LogP contribution is 2.28. The standard InChI is InChI=1S/C19H20INO4/c1-13(22)14-8-9-17(18(11-14)24-2)25-10-4-7-19(23)21-16-6-3-5-15(20)12-16/h3,5-6,8-9,11-12H,4,7,10H2,1-2H3,(H,21,23). The van der Waals surface area contributed by atoms with Crippen LogP contribution in [0, 0.1) is 3.57 Å². The van der Waals surface area contributed by atoms with Crippen molar-refractivity contribution in [3.63, 3.8) is 0 Å². The van der Waals surface area contributed by atoms with E-state index >= 15 is 0 Å². The molecule has 0 bridgehead atoms. The van der Waals surface area contributed by atoms with Crippen molar-refractivity contribution in [1.29, 1.82) is 0 Å². The highest BCUT2D eigenvalue weighted by molar-refractivity contribution is 14.1. The van der Waals surface area contributed by atoms with Crippen LogP contribution in [0.4, 0.5) is 5.69 Å². The summed E-state index contributed by atoms with van der Waals surface area (Å²) in [4.78, 5) is 23.3. The van der Waals surface area contributed by atoms with Gasteiger partial charge in [0.05, 0.1) is 13.7 Å². The van der Waals surface area contributed by atoms with Crippen LogP contribution in [0.15, 0.2) is 42.5 Å². The van der Waals surface area contributed by atoms with E-state index in [9.17, 15) is 9.59 Å². The number of hydrogen-bond acceptors (Lipinski definition) is 4. The average Bonchev–Trinajstić information content (AvgIpc) is 2.58. The van der Waals surface area contributed by atoms with Gasteiger partial charge in [-0.15, -0.1) is 0 Å². The molecule has 0 radical (unpaired) electrons.